The Kier molecular flexibility index (Phi) is 4.43. The maximum Gasteiger partial charge on any atom is 0.253 e. The molecule has 21 heavy (non-hydrogen) atoms. The fourth-order valence-electron chi connectivity index (χ4n) is 2.31. The lowest BCUT2D eigenvalue weighted by Crippen LogP contribution is -2.42. The lowest BCUT2D eigenvalue weighted by Gasteiger charge is -2.35. The van der Waals surface area contributed by atoms with Gasteiger partial charge in [-0.1, -0.05) is 48.8 Å². The van der Waals surface area contributed by atoms with Crippen LogP contribution >= 0.6 is 15.9 Å². The molecule has 0 radical (unpaired) electrons. The second kappa shape index (κ2) is 5.80. The van der Waals surface area contributed by atoms with Crippen molar-refractivity contribution in [2.24, 2.45) is 5.41 Å². The number of amides is 1. The minimum Gasteiger partial charge on any atom is -0.338 e. The van der Waals surface area contributed by atoms with Gasteiger partial charge in [0.15, 0.2) is 0 Å². The fraction of sp³-hybridized carbons (Fsp3) is 0.389. The molecule has 0 aliphatic rings. The summed E-state index contributed by atoms with van der Waals surface area (Å²) in [5.41, 5.74) is 0.801. The van der Waals surface area contributed by atoms with Crippen LogP contribution in [0.5, 0.6) is 0 Å². The van der Waals surface area contributed by atoms with Gasteiger partial charge in [-0.05, 0) is 47.4 Å². The van der Waals surface area contributed by atoms with E-state index in [0.717, 1.165) is 20.8 Å². The Bertz CT molecular complexity index is 672. The smallest absolute Gasteiger partial charge is 0.253 e. The average molecular weight is 348 g/mol. The summed E-state index contributed by atoms with van der Waals surface area (Å²) >= 11 is 3.47. The first-order valence-corrected chi connectivity index (χ1v) is 7.96. The quantitative estimate of drug-likeness (QED) is 0.739. The highest BCUT2D eigenvalue weighted by Gasteiger charge is 2.27. The zero-order valence-corrected chi connectivity index (χ0v) is 14.9. The first-order chi connectivity index (χ1) is 9.70. The molecule has 0 N–H and O–H groups in total. The molecule has 0 fully saturated rings. The van der Waals surface area contributed by atoms with Gasteiger partial charge in [0.2, 0.25) is 0 Å². The van der Waals surface area contributed by atoms with Crippen molar-refractivity contribution >= 4 is 32.6 Å². The van der Waals surface area contributed by atoms with Gasteiger partial charge >= 0.3 is 0 Å². The highest BCUT2D eigenvalue weighted by molar-refractivity contribution is 9.10. The molecule has 1 unspecified atom stereocenters. The zero-order valence-electron chi connectivity index (χ0n) is 13.3. The molecule has 112 valence electrons. The number of hydrogen-bond acceptors (Lipinski definition) is 1. The van der Waals surface area contributed by atoms with Crippen LogP contribution in [0.25, 0.3) is 10.8 Å². The first kappa shape index (κ1) is 16.0. The van der Waals surface area contributed by atoms with Crippen LogP contribution in [-0.2, 0) is 0 Å². The number of carbonyl (C=O) groups is 1. The molecule has 0 saturated heterocycles. The summed E-state index contributed by atoms with van der Waals surface area (Å²) < 4.78 is 1.05. The van der Waals surface area contributed by atoms with E-state index in [1.165, 1.54) is 0 Å². The van der Waals surface area contributed by atoms with Gasteiger partial charge in [-0.3, -0.25) is 4.79 Å². The lowest BCUT2D eigenvalue weighted by atomic mass is 9.87. The summed E-state index contributed by atoms with van der Waals surface area (Å²) in [6.45, 7) is 8.55. The predicted molar refractivity (Wildman–Crippen MR) is 92.7 cm³/mol. The molecule has 0 heterocycles. The van der Waals surface area contributed by atoms with E-state index in [1.807, 2.05) is 42.3 Å². The molecule has 2 nitrogen and oxygen atoms in total. The Labute approximate surface area is 135 Å². The fourth-order valence-corrected chi connectivity index (χ4v) is 2.69. The Morgan fingerprint density at radius 2 is 1.67 bits per heavy atom. The SMILES string of the molecule is CC(N(C)C(=O)c1ccc2cc(Br)ccc2c1)C(C)(C)C. The second-order valence-corrected chi connectivity index (χ2v) is 7.58. The molecule has 0 aliphatic heterocycles. The molecular weight excluding hydrogens is 326 g/mol. The van der Waals surface area contributed by atoms with Crippen LogP contribution in [0.4, 0.5) is 0 Å². The molecule has 1 amide bonds. The number of halogens is 1. The number of hydrogen-bond donors (Lipinski definition) is 0. The van der Waals surface area contributed by atoms with Gasteiger partial charge in [0.25, 0.3) is 5.91 Å². The third-order valence-corrected chi connectivity index (χ3v) is 4.70. The number of benzene rings is 2. The van der Waals surface area contributed by atoms with Crippen molar-refractivity contribution < 1.29 is 4.79 Å². The standard InChI is InChI=1S/C18H22BrNO/c1-12(18(2,3)4)20(5)17(21)15-7-6-14-11-16(19)9-8-13(14)10-15/h6-12H,1-5H3. The topological polar surface area (TPSA) is 20.3 Å². The maximum absolute atomic E-state index is 12.7. The van der Waals surface area contributed by atoms with Crippen LogP contribution in [0, 0.1) is 5.41 Å². The van der Waals surface area contributed by atoms with Crippen LogP contribution in [0.1, 0.15) is 38.1 Å². The molecule has 2 rings (SSSR count). The van der Waals surface area contributed by atoms with E-state index >= 15 is 0 Å². The van der Waals surface area contributed by atoms with Crippen LogP contribution in [0.15, 0.2) is 40.9 Å². The van der Waals surface area contributed by atoms with E-state index in [0.29, 0.717) is 0 Å². The summed E-state index contributed by atoms with van der Waals surface area (Å²) in [5.74, 6) is 0.0715. The number of rotatable bonds is 2. The maximum atomic E-state index is 12.7. The van der Waals surface area contributed by atoms with E-state index in [-0.39, 0.29) is 17.4 Å². The largest absolute Gasteiger partial charge is 0.338 e. The van der Waals surface area contributed by atoms with Crippen LogP contribution in [0.2, 0.25) is 0 Å². The number of carbonyl (C=O) groups excluding carboxylic acids is 1. The first-order valence-electron chi connectivity index (χ1n) is 7.16. The van der Waals surface area contributed by atoms with Gasteiger partial charge in [-0.25, -0.2) is 0 Å². The van der Waals surface area contributed by atoms with Crippen LogP contribution < -0.4 is 0 Å². The number of fused-ring (bicyclic) bond motifs is 1. The van der Waals surface area contributed by atoms with Gasteiger partial charge in [-0.15, -0.1) is 0 Å². The highest BCUT2D eigenvalue weighted by Crippen LogP contribution is 2.26. The normalized spacial score (nSPS) is 13.2. The predicted octanol–water partition coefficient (Wildman–Crippen LogP) is 5.11. The Balaban J connectivity index is 2.33. The van der Waals surface area contributed by atoms with Crippen molar-refractivity contribution in [3.8, 4) is 0 Å². The van der Waals surface area contributed by atoms with Crippen molar-refractivity contribution in [2.45, 2.75) is 33.7 Å². The molecular formula is C18H22BrNO. The van der Waals surface area contributed by atoms with Gasteiger partial charge in [0.05, 0.1) is 0 Å². The lowest BCUT2D eigenvalue weighted by molar-refractivity contribution is 0.0629. The molecule has 1 atom stereocenters. The minimum absolute atomic E-state index is 0.0616. The third kappa shape index (κ3) is 3.46. The van der Waals surface area contributed by atoms with E-state index < -0.39 is 0 Å². The summed E-state index contributed by atoms with van der Waals surface area (Å²) in [6.07, 6.45) is 0. The van der Waals surface area contributed by atoms with Crippen LogP contribution in [-0.4, -0.2) is 23.9 Å². The van der Waals surface area contributed by atoms with Crippen molar-refractivity contribution in [3.63, 3.8) is 0 Å². The zero-order chi connectivity index (χ0) is 15.8. The highest BCUT2D eigenvalue weighted by atomic mass is 79.9. The monoisotopic (exact) mass is 347 g/mol. The van der Waals surface area contributed by atoms with Crippen molar-refractivity contribution in [1.29, 1.82) is 0 Å². The van der Waals surface area contributed by atoms with Gasteiger partial charge in [0.1, 0.15) is 0 Å². The van der Waals surface area contributed by atoms with Crippen molar-refractivity contribution in [1.82, 2.24) is 4.90 Å². The third-order valence-electron chi connectivity index (χ3n) is 4.20. The second-order valence-electron chi connectivity index (χ2n) is 6.66. The van der Waals surface area contributed by atoms with E-state index in [9.17, 15) is 4.79 Å². The summed E-state index contributed by atoms with van der Waals surface area (Å²) in [5, 5.41) is 2.22. The Morgan fingerprint density at radius 1 is 1.10 bits per heavy atom. The molecule has 0 saturated carbocycles. The van der Waals surface area contributed by atoms with Gasteiger partial charge in [0, 0.05) is 23.1 Å². The van der Waals surface area contributed by atoms with E-state index in [4.69, 9.17) is 0 Å². The van der Waals surface area contributed by atoms with Crippen molar-refractivity contribution in [3.05, 3.63) is 46.4 Å². The van der Waals surface area contributed by atoms with E-state index in [1.54, 1.807) is 0 Å². The Morgan fingerprint density at radius 3 is 2.29 bits per heavy atom. The van der Waals surface area contributed by atoms with Gasteiger partial charge < -0.3 is 4.90 Å². The summed E-state index contributed by atoms with van der Waals surface area (Å²) in [6, 6.07) is 12.1. The molecule has 3 heteroatoms. The Hall–Kier alpha value is -1.35. The average Bonchev–Trinajstić information content (AvgIpc) is 2.43. The summed E-state index contributed by atoms with van der Waals surface area (Å²) in [4.78, 5) is 14.5. The van der Waals surface area contributed by atoms with Gasteiger partial charge in [-0.2, -0.15) is 0 Å². The molecule has 0 spiro atoms. The summed E-state index contributed by atoms with van der Waals surface area (Å²) in [7, 11) is 1.88. The molecule has 2 aromatic rings. The molecule has 2 aromatic carbocycles. The van der Waals surface area contributed by atoms with Crippen molar-refractivity contribution in [2.75, 3.05) is 7.05 Å². The van der Waals surface area contributed by atoms with E-state index in [2.05, 4.69) is 49.7 Å². The minimum atomic E-state index is 0.0616. The molecule has 0 aromatic heterocycles. The van der Waals surface area contributed by atoms with Crippen LogP contribution in [0.3, 0.4) is 0 Å². The molecule has 0 aliphatic carbocycles. The number of nitrogens with zero attached hydrogens (tertiary/aromatic N) is 1. The molecule has 0 bridgehead atoms.